The monoisotopic (exact) mass is 492 g/mol. The molecule has 1 heterocycles. The molecule has 1 N–H and O–H groups in total. The minimum atomic E-state index is -0.537. The average Bonchev–Trinajstić information content (AvgIpc) is 3.09. The molecule has 1 atom stereocenters. The van der Waals surface area contributed by atoms with Gasteiger partial charge in [-0.2, -0.15) is 0 Å². The van der Waals surface area contributed by atoms with Gasteiger partial charge >= 0.3 is 0 Å². The van der Waals surface area contributed by atoms with Crippen LogP contribution >= 0.6 is 23.4 Å². The summed E-state index contributed by atoms with van der Waals surface area (Å²) in [6, 6.07) is 20.7. The van der Waals surface area contributed by atoms with Crippen molar-refractivity contribution in [1.82, 2.24) is 0 Å². The average molecular weight is 493 g/mol. The molecule has 1 aliphatic rings. The van der Waals surface area contributed by atoms with E-state index in [4.69, 9.17) is 11.6 Å². The summed E-state index contributed by atoms with van der Waals surface area (Å²) < 4.78 is 0. The van der Waals surface area contributed by atoms with E-state index in [2.05, 4.69) is 5.32 Å². The van der Waals surface area contributed by atoms with E-state index in [1.54, 1.807) is 48.5 Å². The lowest BCUT2D eigenvalue weighted by atomic mass is 10.1. The molecule has 1 saturated heterocycles. The van der Waals surface area contributed by atoms with E-state index >= 15 is 0 Å². The Kier molecular flexibility index (Phi) is 7.14. The molecule has 34 heavy (non-hydrogen) atoms. The summed E-state index contributed by atoms with van der Waals surface area (Å²) >= 11 is 7.18. The zero-order valence-electron chi connectivity index (χ0n) is 18.3. The number of nitrogens with one attached hydrogen (secondary N) is 1. The predicted octanol–water partition coefficient (Wildman–Crippen LogP) is 5.15. The maximum Gasteiger partial charge on any atom is 0.247 e. The molecule has 172 valence electrons. The van der Waals surface area contributed by atoms with Crippen LogP contribution in [0.25, 0.3) is 0 Å². The van der Waals surface area contributed by atoms with Gasteiger partial charge in [-0.05, 0) is 73.2 Å². The highest BCUT2D eigenvalue weighted by atomic mass is 35.5. The lowest BCUT2D eigenvalue weighted by Crippen LogP contribution is -2.31. The van der Waals surface area contributed by atoms with E-state index in [9.17, 15) is 19.2 Å². The number of hydrogen-bond donors (Lipinski definition) is 1. The van der Waals surface area contributed by atoms with Gasteiger partial charge in [0.15, 0.2) is 5.78 Å². The van der Waals surface area contributed by atoms with Gasteiger partial charge in [-0.15, -0.1) is 11.8 Å². The standard InChI is InChI=1S/C26H21ClN2O4S/c1-16(30)18-4-10-21(11-5-18)29-25(32)15-23(26(29)33)34-22-12-8-20(9-13-22)28-24(31)14-17-2-6-19(27)7-3-17/h2-13,23H,14-15H2,1H3,(H,28,31). The van der Waals surface area contributed by atoms with Gasteiger partial charge in [0.2, 0.25) is 17.7 Å². The summed E-state index contributed by atoms with van der Waals surface area (Å²) in [5.41, 5.74) is 2.49. The Morgan fingerprint density at radius 3 is 2.24 bits per heavy atom. The minimum Gasteiger partial charge on any atom is -0.326 e. The molecule has 8 heteroatoms. The topological polar surface area (TPSA) is 83.6 Å². The van der Waals surface area contributed by atoms with Gasteiger partial charge in [-0.3, -0.25) is 19.2 Å². The largest absolute Gasteiger partial charge is 0.326 e. The van der Waals surface area contributed by atoms with Crippen LogP contribution in [0.4, 0.5) is 11.4 Å². The Bertz CT molecular complexity index is 1240. The quantitative estimate of drug-likeness (QED) is 0.364. The van der Waals surface area contributed by atoms with Crippen molar-refractivity contribution in [3.63, 3.8) is 0 Å². The normalized spacial score (nSPS) is 15.5. The van der Waals surface area contributed by atoms with Crippen LogP contribution in [0.15, 0.2) is 77.7 Å². The molecule has 0 bridgehead atoms. The van der Waals surface area contributed by atoms with Gasteiger partial charge in [0.1, 0.15) is 0 Å². The van der Waals surface area contributed by atoms with Gasteiger partial charge < -0.3 is 5.32 Å². The minimum absolute atomic E-state index is 0.0799. The Hall–Kier alpha value is -3.42. The first-order chi connectivity index (χ1) is 16.3. The molecule has 3 aromatic rings. The van der Waals surface area contributed by atoms with Crippen molar-refractivity contribution in [2.24, 2.45) is 0 Å². The van der Waals surface area contributed by atoms with Gasteiger partial charge in [-0.25, -0.2) is 4.90 Å². The summed E-state index contributed by atoms with van der Waals surface area (Å²) in [5.74, 6) is -0.788. The second kappa shape index (κ2) is 10.2. The number of ketones is 1. The molecular weight excluding hydrogens is 472 g/mol. The summed E-state index contributed by atoms with van der Waals surface area (Å²) in [4.78, 5) is 51.1. The maximum absolute atomic E-state index is 12.9. The molecule has 1 aliphatic heterocycles. The fraction of sp³-hybridized carbons (Fsp3) is 0.154. The number of thioether (sulfide) groups is 1. The van der Waals surface area contributed by atoms with Crippen molar-refractivity contribution >= 4 is 58.2 Å². The van der Waals surface area contributed by atoms with E-state index in [-0.39, 0.29) is 36.3 Å². The summed E-state index contributed by atoms with van der Waals surface area (Å²) in [6.07, 6.45) is 0.327. The number of Topliss-reactive ketones (excluding diaryl/α,β-unsaturated/α-hetero) is 1. The number of carbonyl (C=O) groups is 4. The van der Waals surface area contributed by atoms with Crippen LogP contribution in [-0.4, -0.2) is 28.8 Å². The van der Waals surface area contributed by atoms with Crippen LogP contribution in [0, 0.1) is 0 Å². The number of halogens is 1. The number of anilines is 2. The first-order valence-electron chi connectivity index (χ1n) is 10.6. The molecule has 4 rings (SSSR count). The SMILES string of the molecule is CC(=O)c1ccc(N2C(=O)CC(Sc3ccc(NC(=O)Cc4ccc(Cl)cc4)cc3)C2=O)cc1. The zero-order valence-corrected chi connectivity index (χ0v) is 19.9. The predicted molar refractivity (Wildman–Crippen MR) is 133 cm³/mol. The summed E-state index contributed by atoms with van der Waals surface area (Å²) in [6.45, 7) is 1.46. The first kappa shape index (κ1) is 23.7. The van der Waals surface area contributed by atoms with Gasteiger partial charge in [0.25, 0.3) is 0 Å². The molecular formula is C26H21ClN2O4S. The number of amides is 3. The highest BCUT2D eigenvalue weighted by Gasteiger charge is 2.40. The molecule has 0 saturated carbocycles. The molecule has 3 aromatic carbocycles. The zero-order chi connectivity index (χ0) is 24.2. The lowest BCUT2D eigenvalue weighted by molar-refractivity contribution is -0.121. The third kappa shape index (κ3) is 5.55. The highest BCUT2D eigenvalue weighted by molar-refractivity contribution is 8.00. The molecule has 0 aliphatic carbocycles. The van der Waals surface area contributed by atoms with E-state index in [0.29, 0.717) is 22.0 Å². The van der Waals surface area contributed by atoms with Crippen LogP contribution in [0.5, 0.6) is 0 Å². The molecule has 6 nitrogen and oxygen atoms in total. The molecule has 1 fully saturated rings. The smallest absolute Gasteiger partial charge is 0.247 e. The fourth-order valence-corrected chi connectivity index (χ4v) is 4.77. The fourth-order valence-electron chi connectivity index (χ4n) is 3.59. The molecule has 1 unspecified atom stereocenters. The van der Waals surface area contributed by atoms with Gasteiger partial charge in [-0.1, -0.05) is 23.7 Å². The number of rotatable bonds is 7. The maximum atomic E-state index is 12.9. The van der Waals surface area contributed by atoms with Crippen LogP contribution in [0.1, 0.15) is 29.3 Å². The number of benzene rings is 3. The molecule has 0 aromatic heterocycles. The van der Waals surface area contributed by atoms with Gasteiger partial charge in [0.05, 0.1) is 17.4 Å². The van der Waals surface area contributed by atoms with Crippen LogP contribution in [0.3, 0.4) is 0 Å². The number of imide groups is 1. The molecule has 0 radical (unpaired) electrons. The Balaban J connectivity index is 1.36. The van der Waals surface area contributed by atoms with Crippen molar-refractivity contribution < 1.29 is 19.2 Å². The lowest BCUT2D eigenvalue weighted by Gasteiger charge is -2.15. The second-order valence-corrected chi connectivity index (χ2v) is 9.57. The van der Waals surface area contributed by atoms with E-state index < -0.39 is 5.25 Å². The van der Waals surface area contributed by atoms with Crippen molar-refractivity contribution in [2.45, 2.75) is 29.9 Å². The van der Waals surface area contributed by atoms with Crippen molar-refractivity contribution in [3.05, 3.63) is 88.9 Å². The molecule has 0 spiro atoms. The van der Waals surface area contributed by atoms with Crippen molar-refractivity contribution in [1.29, 1.82) is 0 Å². The van der Waals surface area contributed by atoms with Crippen LogP contribution in [-0.2, 0) is 20.8 Å². The van der Waals surface area contributed by atoms with Crippen molar-refractivity contribution in [3.8, 4) is 0 Å². The first-order valence-corrected chi connectivity index (χ1v) is 11.8. The summed E-state index contributed by atoms with van der Waals surface area (Å²) in [7, 11) is 0. The Morgan fingerprint density at radius 2 is 1.62 bits per heavy atom. The molecule has 3 amide bonds. The number of hydrogen-bond acceptors (Lipinski definition) is 5. The number of nitrogens with zero attached hydrogens (tertiary/aromatic N) is 1. The highest BCUT2D eigenvalue weighted by Crippen LogP contribution is 2.34. The van der Waals surface area contributed by atoms with Gasteiger partial charge in [0, 0.05) is 27.6 Å². The van der Waals surface area contributed by atoms with E-state index in [0.717, 1.165) is 10.5 Å². The third-order valence-electron chi connectivity index (χ3n) is 5.33. The summed E-state index contributed by atoms with van der Waals surface area (Å²) in [5, 5.41) is 2.93. The van der Waals surface area contributed by atoms with Crippen LogP contribution < -0.4 is 10.2 Å². The van der Waals surface area contributed by atoms with Crippen LogP contribution in [0.2, 0.25) is 5.02 Å². The second-order valence-electron chi connectivity index (χ2n) is 7.86. The van der Waals surface area contributed by atoms with E-state index in [1.807, 2.05) is 24.3 Å². The Labute approximate surface area is 206 Å². The number of carbonyl (C=O) groups excluding carboxylic acids is 4. The van der Waals surface area contributed by atoms with E-state index in [1.165, 1.54) is 23.6 Å². The third-order valence-corrected chi connectivity index (χ3v) is 6.78. The van der Waals surface area contributed by atoms with Crippen molar-refractivity contribution in [2.75, 3.05) is 10.2 Å². The Morgan fingerprint density at radius 1 is 0.971 bits per heavy atom.